The Kier molecular flexibility index (Phi) is 6.39. The summed E-state index contributed by atoms with van der Waals surface area (Å²) in [7, 11) is 0. The monoisotopic (exact) mass is 342 g/mol. The number of amides is 2. The molecule has 1 unspecified atom stereocenters. The maximum Gasteiger partial charge on any atom is 0.244 e. The van der Waals surface area contributed by atoms with E-state index in [0.29, 0.717) is 18.1 Å². The lowest BCUT2D eigenvalue weighted by atomic mass is 10.3. The van der Waals surface area contributed by atoms with Crippen LogP contribution in [0.3, 0.4) is 0 Å². The summed E-state index contributed by atoms with van der Waals surface area (Å²) in [6, 6.07) is 7.02. The van der Waals surface area contributed by atoms with Crippen molar-refractivity contribution in [3.63, 3.8) is 0 Å². The minimum absolute atomic E-state index is 0.210. The fourth-order valence-corrected chi connectivity index (χ4v) is 2.06. The maximum absolute atomic E-state index is 11.8. The van der Waals surface area contributed by atoms with Crippen molar-refractivity contribution in [2.75, 3.05) is 6.54 Å². The molecule has 0 radical (unpaired) electrons. The second-order valence-electron chi connectivity index (χ2n) is 5.72. The fraction of sp³-hybridized carbons (Fsp3) is 0.263. The summed E-state index contributed by atoms with van der Waals surface area (Å²) in [5.74, 6) is 2.30. The van der Waals surface area contributed by atoms with Crippen LogP contribution in [0.1, 0.15) is 30.0 Å². The lowest BCUT2D eigenvalue weighted by Crippen LogP contribution is -2.40. The van der Waals surface area contributed by atoms with Gasteiger partial charge in [-0.2, -0.15) is 0 Å². The Morgan fingerprint density at radius 2 is 1.48 bits per heavy atom. The van der Waals surface area contributed by atoms with Crippen LogP contribution in [-0.4, -0.2) is 24.4 Å². The molecule has 2 aromatic rings. The van der Waals surface area contributed by atoms with E-state index in [1.807, 2.05) is 32.9 Å². The van der Waals surface area contributed by atoms with Crippen LogP contribution >= 0.6 is 0 Å². The summed E-state index contributed by atoms with van der Waals surface area (Å²) >= 11 is 0. The third-order valence-corrected chi connectivity index (χ3v) is 3.29. The molecule has 2 heterocycles. The number of hydrogen-bond donors (Lipinski definition) is 2. The van der Waals surface area contributed by atoms with E-state index in [1.54, 1.807) is 24.3 Å². The number of carbonyl (C=O) groups excluding carboxylic acids is 2. The number of carbonyl (C=O) groups is 2. The summed E-state index contributed by atoms with van der Waals surface area (Å²) in [5.41, 5.74) is 0. The molecule has 132 valence electrons. The first-order chi connectivity index (χ1) is 11.9. The lowest BCUT2D eigenvalue weighted by Gasteiger charge is -2.12. The Balaban J connectivity index is 1.71. The molecular weight excluding hydrogens is 320 g/mol. The minimum Gasteiger partial charge on any atom is -0.462 e. The first-order valence-electron chi connectivity index (χ1n) is 8.00. The normalized spacial score (nSPS) is 12.6. The highest BCUT2D eigenvalue weighted by molar-refractivity contribution is 5.92. The van der Waals surface area contributed by atoms with E-state index in [9.17, 15) is 9.59 Å². The van der Waals surface area contributed by atoms with Crippen LogP contribution in [0.4, 0.5) is 0 Å². The van der Waals surface area contributed by atoms with Crippen LogP contribution in [0.25, 0.3) is 12.2 Å². The molecule has 2 aromatic heterocycles. The van der Waals surface area contributed by atoms with Gasteiger partial charge in [0.1, 0.15) is 23.0 Å². The number of rotatable bonds is 7. The molecule has 2 N–H and O–H groups in total. The predicted molar refractivity (Wildman–Crippen MR) is 95.6 cm³/mol. The van der Waals surface area contributed by atoms with Crippen molar-refractivity contribution in [2.45, 2.75) is 26.8 Å². The van der Waals surface area contributed by atoms with Crippen LogP contribution in [-0.2, 0) is 9.59 Å². The highest BCUT2D eigenvalue weighted by atomic mass is 16.3. The molecule has 0 bridgehead atoms. The highest BCUT2D eigenvalue weighted by Crippen LogP contribution is 2.08. The first-order valence-corrected chi connectivity index (χ1v) is 8.00. The van der Waals surface area contributed by atoms with Gasteiger partial charge in [-0.05, 0) is 57.2 Å². The van der Waals surface area contributed by atoms with Crippen LogP contribution < -0.4 is 10.6 Å². The summed E-state index contributed by atoms with van der Waals surface area (Å²) < 4.78 is 10.7. The second-order valence-corrected chi connectivity index (χ2v) is 5.72. The van der Waals surface area contributed by atoms with E-state index in [1.165, 1.54) is 12.2 Å². The topological polar surface area (TPSA) is 84.5 Å². The summed E-state index contributed by atoms with van der Waals surface area (Å²) in [4.78, 5) is 23.6. The van der Waals surface area contributed by atoms with Crippen molar-refractivity contribution in [2.24, 2.45) is 0 Å². The molecule has 2 amide bonds. The van der Waals surface area contributed by atoms with E-state index in [4.69, 9.17) is 8.83 Å². The van der Waals surface area contributed by atoms with Crippen LogP contribution in [0, 0.1) is 13.8 Å². The van der Waals surface area contributed by atoms with Gasteiger partial charge in [-0.25, -0.2) is 0 Å². The molecule has 0 aliphatic carbocycles. The number of furan rings is 2. The van der Waals surface area contributed by atoms with E-state index < -0.39 is 0 Å². The molecule has 0 fully saturated rings. The standard InChI is InChI=1S/C19H22N2O4/c1-13(21-19(23)11-9-17-7-5-15(3)25-17)12-20-18(22)10-8-16-6-4-14(2)24-16/h4-11,13H,12H2,1-3H3,(H,20,22)(H,21,23)/b10-8+,11-9+. The number of aryl methyl sites for hydroxylation is 2. The van der Waals surface area contributed by atoms with Gasteiger partial charge in [0.2, 0.25) is 11.8 Å². The van der Waals surface area contributed by atoms with Crippen molar-refractivity contribution in [3.05, 3.63) is 59.5 Å². The van der Waals surface area contributed by atoms with E-state index in [0.717, 1.165) is 11.5 Å². The molecule has 6 heteroatoms. The highest BCUT2D eigenvalue weighted by Gasteiger charge is 2.06. The van der Waals surface area contributed by atoms with E-state index in [-0.39, 0.29) is 17.9 Å². The largest absolute Gasteiger partial charge is 0.462 e. The minimum atomic E-state index is -0.253. The zero-order valence-corrected chi connectivity index (χ0v) is 14.5. The lowest BCUT2D eigenvalue weighted by molar-refractivity contribution is -0.118. The SMILES string of the molecule is Cc1ccc(/C=C/C(=O)NCC(C)NC(=O)/C=C/c2ccc(C)o2)o1. The molecule has 0 aromatic carbocycles. The van der Waals surface area contributed by atoms with Crippen LogP contribution in [0.15, 0.2) is 45.3 Å². The van der Waals surface area contributed by atoms with Gasteiger partial charge >= 0.3 is 0 Å². The average Bonchev–Trinajstić information content (AvgIpc) is 3.17. The Bertz CT molecular complexity index is 783. The summed E-state index contributed by atoms with van der Waals surface area (Å²) in [6.45, 7) is 5.80. The van der Waals surface area contributed by atoms with Gasteiger partial charge in [0, 0.05) is 24.7 Å². The zero-order valence-electron chi connectivity index (χ0n) is 14.5. The molecule has 0 aliphatic heterocycles. The summed E-state index contributed by atoms with van der Waals surface area (Å²) in [6.07, 6.45) is 5.99. The number of hydrogen-bond acceptors (Lipinski definition) is 4. The maximum atomic E-state index is 11.8. The van der Waals surface area contributed by atoms with Crippen LogP contribution in [0.5, 0.6) is 0 Å². The van der Waals surface area contributed by atoms with Gasteiger partial charge in [-0.1, -0.05) is 0 Å². The quantitative estimate of drug-likeness (QED) is 0.758. The van der Waals surface area contributed by atoms with Crippen molar-refractivity contribution < 1.29 is 18.4 Å². The van der Waals surface area contributed by atoms with Crippen LogP contribution in [0.2, 0.25) is 0 Å². The molecule has 0 saturated heterocycles. The van der Waals surface area contributed by atoms with Crippen molar-refractivity contribution in [1.82, 2.24) is 10.6 Å². The van der Waals surface area contributed by atoms with Gasteiger partial charge in [0.05, 0.1) is 0 Å². The first kappa shape index (κ1) is 18.3. The molecule has 2 rings (SSSR count). The molecule has 1 atom stereocenters. The smallest absolute Gasteiger partial charge is 0.244 e. The van der Waals surface area contributed by atoms with Gasteiger partial charge in [-0.15, -0.1) is 0 Å². The summed E-state index contributed by atoms with van der Waals surface area (Å²) in [5, 5.41) is 5.48. The molecule has 0 saturated carbocycles. The molecular formula is C19H22N2O4. The van der Waals surface area contributed by atoms with Gasteiger partial charge < -0.3 is 19.5 Å². The van der Waals surface area contributed by atoms with Gasteiger partial charge in [0.15, 0.2) is 0 Å². The Labute approximate surface area is 146 Å². The molecule has 25 heavy (non-hydrogen) atoms. The second kappa shape index (κ2) is 8.73. The third-order valence-electron chi connectivity index (χ3n) is 3.29. The molecule has 0 aliphatic rings. The third kappa shape index (κ3) is 6.55. The average molecular weight is 342 g/mol. The van der Waals surface area contributed by atoms with Crippen molar-refractivity contribution in [1.29, 1.82) is 0 Å². The van der Waals surface area contributed by atoms with Crippen molar-refractivity contribution >= 4 is 24.0 Å². The number of nitrogens with one attached hydrogen (secondary N) is 2. The van der Waals surface area contributed by atoms with Gasteiger partial charge in [0.25, 0.3) is 0 Å². The van der Waals surface area contributed by atoms with E-state index in [2.05, 4.69) is 10.6 Å². The Morgan fingerprint density at radius 3 is 1.96 bits per heavy atom. The van der Waals surface area contributed by atoms with E-state index >= 15 is 0 Å². The molecule has 6 nitrogen and oxygen atoms in total. The Morgan fingerprint density at radius 1 is 0.960 bits per heavy atom. The fourth-order valence-electron chi connectivity index (χ4n) is 2.06. The predicted octanol–water partition coefficient (Wildman–Crippen LogP) is 2.84. The molecule has 0 spiro atoms. The van der Waals surface area contributed by atoms with Gasteiger partial charge in [-0.3, -0.25) is 9.59 Å². The van der Waals surface area contributed by atoms with Crippen molar-refractivity contribution in [3.8, 4) is 0 Å². The zero-order chi connectivity index (χ0) is 18.2. The Hall–Kier alpha value is -3.02.